The van der Waals surface area contributed by atoms with E-state index in [1.807, 2.05) is 48.1 Å². The van der Waals surface area contributed by atoms with Crippen LogP contribution >= 0.6 is 35.6 Å². The van der Waals surface area contributed by atoms with Crippen molar-refractivity contribution in [3.8, 4) is 5.69 Å². The summed E-state index contributed by atoms with van der Waals surface area (Å²) in [5.41, 5.74) is 2.51. The van der Waals surface area contributed by atoms with E-state index in [1.54, 1.807) is 6.92 Å². The number of pyridine rings is 1. The molecule has 0 fully saturated rings. The van der Waals surface area contributed by atoms with E-state index < -0.39 is 0 Å². The van der Waals surface area contributed by atoms with Gasteiger partial charge in [0.2, 0.25) is 0 Å². The Hall–Kier alpha value is -1.10. The van der Waals surface area contributed by atoms with Crippen LogP contribution in [0.2, 0.25) is 5.02 Å². The second-order valence-corrected chi connectivity index (χ2v) is 6.07. The summed E-state index contributed by atoms with van der Waals surface area (Å²) in [7, 11) is 0. The fraction of sp³-hybridized carbons (Fsp3) is 0.200. The molecular weight excluding hydrogens is 310 g/mol. The molecule has 0 aliphatic carbocycles. The van der Waals surface area contributed by atoms with E-state index in [2.05, 4.69) is 0 Å². The number of carbonyl (C=O) groups excluding carboxylic acids is 1. The zero-order chi connectivity index (χ0) is 14.9. The van der Waals surface area contributed by atoms with Crippen molar-refractivity contribution in [3.63, 3.8) is 0 Å². The lowest BCUT2D eigenvalue weighted by Gasteiger charge is -2.16. The van der Waals surface area contributed by atoms with Gasteiger partial charge in [0.15, 0.2) is 5.78 Å². The third kappa shape index (κ3) is 2.82. The van der Waals surface area contributed by atoms with Crippen molar-refractivity contribution in [2.24, 2.45) is 0 Å². The maximum Gasteiger partial charge on any atom is 0.163 e. The van der Waals surface area contributed by atoms with Crippen LogP contribution in [-0.4, -0.2) is 16.6 Å². The molecule has 2 nitrogen and oxygen atoms in total. The highest BCUT2D eigenvalue weighted by Crippen LogP contribution is 2.26. The molecular formula is C15H14ClNOS2. The smallest absolute Gasteiger partial charge is 0.163 e. The minimum Gasteiger partial charge on any atom is -0.305 e. The first-order valence-corrected chi connectivity index (χ1v) is 8.04. The van der Waals surface area contributed by atoms with Crippen LogP contribution in [0.1, 0.15) is 23.0 Å². The Labute approximate surface area is 132 Å². The standard InChI is InChI=1S/C15H14ClNOS2/c1-9-8-13(20-3)14(10(2)18)15(19)17(9)12-6-4-11(16)5-7-12/h4-8H,1-3H3. The zero-order valence-electron chi connectivity index (χ0n) is 11.4. The van der Waals surface area contributed by atoms with E-state index in [4.69, 9.17) is 23.8 Å². The first-order chi connectivity index (χ1) is 9.45. The van der Waals surface area contributed by atoms with Crippen LogP contribution in [0.4, 0.5) is 0 Å². The summed E-state index contributed by atoms with van der Waals surface area (Å²) in [6.45, 7) is 3.53. The maximum atomic E-state index is 11.9. The van der Waals surface area contributed by atoms with Gasteiger partial charge in [0, 0.05) is 21.3 Å². The van der Waals surface area contributed by atoms with Crippen LogP contribution in [0.15, 0.2) is 35.2 Å². The molecule has 0 aliphatic heterocycles. The van der Waals surface area contributed by atoms with Crippen molar-refractivity contribution in [2.45, 2.75) is 18.7 Å². The SMILES string of the molecule is CSc1cc(C)n(-c2ccc(Cl)cc2)c(=S)c1C(C)=O. The van der Waals surface area contributed by atoms with Gasteiger partial charge < -0.3 is 4.57 Å². The van der Waals surface area contributed by atoms with E-state index in [9.17, 15) is 4.79 Å². The first-order valence-electron chi connectivity index (χ1n) is 6.03. The summed E-state index contributed by atoms with van der Waals surface area (Å²) in [5, 5.41) is 0.672. The predicted molar refractivity (Wildman–Crippen MR) is 88.1 cm³/mol. The fourth-order valence-electron chi connectivity index (χ4n) is 2.10. The number of halogens is 1. The third-order valence-electron chi connectivity index (χ3n) is 3.01. The number of hydrogen-bond acceptors (Lipinski definition) is 3. The van der Waals surface area contributed by atoms with Crippen LogP contribution in [-0.2, 0) is 0 Å². The summed E-state index contributed by atoms with van der Waals surface area (Å²) in [6, 6.07) is 9.41. The Balaban J connectivity index is 2.77. The Morgan fingerprint density at radius 2 is 1.90 bits per heavy atom. The molecule has 0 bridgehead atoms. The molecule has 1 aromatic heterocycles. The highest BCUT2D eigenvalue weighted by atomic mass is 35.5. The molecule has 1 aromatic carbocycles. The molecule has 0 spiro atoms. The summed E-state index contributed by atoms with van der Waals surface area (Å²) < 4.78 is 2.45. The largest absolute Gasteiger partial charge is 0.305 e. The average Bonchev–Trinajstić information content (AvgIpc) is 2.39. The van der Waals surface area contributed by atoms with Gasteiger partial charge in [-0.05, 0) is 50.4 Å². The van der Waals surface area contributed by atoms with E-state index in [0.29, 0.717) is 15.2 Å². The van der Waals surface area contributed by atoms with E-state index >= 15 is 0 Å². The quantitative estimate of drug-likeness (QED) is 0.446. The van der Waals surface area contributed by atoms with Gasteiger partial charge in [0.1, 0.15) is 4.64 Å². The Kier molecular flexibility index (Phi) is 4.68. The van der Waals surface area contributed by atoms with Crippen molar-refractivity contribution < 1.29 is 4.79 Å². The summed E-state index contributed by atoms with van der Waals surface area (Å²) >= 11 is 13.0. The number of benzene rings is 1. The molecule has 0 atom stereocenters. The van der Waals surface area contributed by atoms with Crippen LogP contribution in [0.3, 0.4) is 0 Å². The Bertz CT molecular complexity index is 720. The minimum absolute atomic E-state index is 0.0120. The lowest BCUT2D eigenvalue weighted by Crippen LogP contribution is -2.08. The van der Waals surface area contributed by atoms with Crippen molar-refractivity contribution >= 4 is 41.4 Å². The van der Waals surface area contributed by atoms with Crippen LogP contribution in [0.25, 0.3) is 5.69 Å². The molecule has 104 valence electrons. The number of rotatable bonds is 3. The minimum atomic E-state index is -0.0120. The van der Waals surface area contributed by atoms with Crippen molar-refractivity contribution in [3.05, 3.63) is 51.3 Å². The summed E-state index contributed by atoms with van der Waals surface area (Å²) in [4.78, 5) is 12.8. The van der Waals surface area contributed by atoms with Crippen LogP contribution < -0.4 is 0 Å². The Morgan fingerprint density at radius 1 is 1.30 bits per heavy atom. The van der Waals surface area contributed by atoms with Gasteiger partial charge in [-0.25, -0.2) is 0 Å². The summed E-state index contributed by atoms with van der Waals surface area (Å²) in [5.74, 6) is -0.0120. The number of hydrogen-bond donors (Lipinski definition) is 0. The van der Waals surface area contributed by atoms with Gasteiger partial charge >= 0.3 is 0 Å². The summed E-state index contributed by atoms with van der Waals surface area (Å²) in [6.07, 6.45) is 1.95. The number of aryl methyl sites for hydroxylation is 1. The molecule has 20 heavy (non-hydrogen) atoms. The molecule has 1 heterocycles. The lowest BCUT2D eigenvalue weighted by atomic mass is 10.1. The number of aromatic nitrogens is 1. The molecule has 5 heteroatoms. The van der Waals surface area contributed by atoms with Crippen molar-refractivity contribution in [1.29, 1.82) is 0 Å². The van der Waals surface area contributed by atoms with Crippen molar-refractivity contribution in [1.82, 2.24) is 4.57 Å². The predicted octanol–water partition coefficient (Wildman–Crippen LogP) is 5.09. The number of nitrogens with zero attached hydrogens (tertiary/aromatic N) is 1. The molecule has 0 aliphatic rings. The molecule has 0 unspecified atom stereocenters. The van der Waals surface area contributed by atoms with Gasteiger partial charge in [0.25, 0.3) is 0 Å². The lowest BCUT2D eigenvalue weighted by molar-refractivity contribution is 0.101. The average molecular weight is 324 g/mol. The second kappa shape index (κ2) is 6.12. The molecule has 0 saturated heterocycles. The normalized spacial score (nSPS) is 10.6. The van der Waals surface area contributed by atoms with Gasteiger partial charge in [0.05, 0.1) is 5.56 Å². The molecule has 0 radical (unpaired) electrons. The molecule has 0 N–H and O–H groups in total. The van der Waals surface area contributed by atoms with E-state index in [-0.39, 0.29) is 5.78 Å². The molecule has 2 aromatic rings. The highest BCUT2D eigenvalue weighted by Gasteiger charge is 2.14. The first kappa shape index (κ1) is 15.3. The molecule has 0 saturated carbocycles. The molecule has 2 rings (SSSR count). The number of ketones is 1. The van der Waals surface area contributed by atoms with Gasteiger partial charge in [-0.1, -0.05) is 23.8 Å². The molecule has 0 amide bonds. The number of carbonyl (C=O) groups is 1. The van der Waals surface area contributed by atoms with Crippen LogP contribution in [0, 0.1) is 11.6 Å². The van der Waals surface area contributed by atoms with Crippen LogP contribution in [0.5, 0.6) is 0 Å². The van der Waals surface area contributed by atoms with Gasteiger partial charge in [-0.2, -0.15) is 0 Å². The van der Waals surface area contributed by atoms with E-state index in [0.717, 1.165) is 16.3 Å². The fourth-order valence-corrected chi connectivity index (χ4v) is 3.53. The Morgan fingerprint density at radius 3 is 2.40 bits per heavy atom. The highest BCUT2D eigenvalue weighted by molar-refractivity contribution is 7.98. The third-order valence-corrected chi connectivity index (χ3v) is 4.41. The van der Waals surface area contributed by atoms with Crippen molar-refractivity contribution in [2.75, 3.05) is 6.26 Å². The zero-order valence-corrected chi connectivity index (χ0v) is 13.8. The van der Waals surface area contributed by atoms with E-state index in [1.165, 1.54) is 11.8 Å². The van der Waals surface area contributed by atoms with Gasteiger partial charge in [-0.15, -0.1) is 11.8 Å². The van der Waals surface area contributed by atoms with Gasteiger partial charge in [-0.3, -0.25) is 4.79 Å². The monoisotopic (exact) mass is 323 g/mol. The number of thioether (sulfide) groups is 1. The second-order valence-electron chi connectivity index (χ2n) is 4.40. The maximum absolute atomic E-state index is 11.9. The topological polar surface area (TPSA) is 22.0 Å². The number of Topliss-reactive ketones (excluding diaryl/α,β-unsaturated/α-hetero) is 1.